The number of aromatic nitrogens is 4. The van der Waals surface area contributed by atoms with E-state index in [1.807, 2.05) is 35.8 Å². The fraction of sp³-hybridized carbons (Fsp3) is 0.333. The Kier molecular flexibility index (Phi) is 5.93. The minimum Gasteiger partial charge on any atom is -0.304 e. The maximum Gasteiger partial charge on any atom is 0.173 e. The van der Waals surface area contributed by atoms with Crippen molar-refractivity contribution >= 4 is 11.3 Å². The molecule has 0 saturated heterocycles. The van der Waals surface area contributed by atoms with Gasteiger partial charge in [-0.05, 0) is 33.4 Å². The Morgan fingerprint density at radius 3 is 2.24 bits per heavy atom. The van der Waals surface area contributed by atoms with Crippen LogP contribution in [-0.2, 0) is 30.9 Å². The largest absolute Gasteiger partial charge is 0.304 e. The summed E-state index contributed by atoms with van der Waals surface area (Å²) < 4.78 is 0. The van der Waals surface area contributed by atoms with Gasteiger partial charge in [-0.1, -0.05) is 59.7 Å². The van der Waals surface area contributed by atoms with Gasteiger partial charge in [0, 0.05) is 31.9 Å². The van der Waals surface area contributed by atoms with Gasteiger partial charge >= 0.3 is 0 Å². The first-order valence-electron chi connectivity index (χ1n) is 10.9. The van der Waals surface area contributed by atoms with E-state index in [2.05, 4.69) is 74.7 Å². The number of pyridine rings is 1. The number of hydrogen-bond acceptors (Lipinski definition) is 5. The summed E-state index contributed by atoms with van der Waals surface area (Å²) in [5.74, 6) is 1.32. The van der Waals surface area contributed by atoms with Gasteiger partial charge in [-0.15, -0.1) is 46.2 Å². The monoisotopic (exact) mass is 632 g/mol. The van der Waals surface area contributed by atoms with E-state index in [1.165, 1.54) is 11.1 Å². The Balaban J connectivity index is 0.00000259. The third-order valence-corrected chi connectivity index (χ3v) is 8.90. The van der Waals surface area contributed by atoms with Crippen LogP contribution in [0, 0.1) is 11.5 Å². The van der Waals surface area contributed by atoms with E-state index in [0.29, 0.717) is 11.6 Å². The van der Waals surface area contributed by atoms with E-state index in [0.717, 1.165) is 21.7 Å². The molecule has 3 heterocycles. The fourth-order valence-corrected chi connectivity index (χ4v) is 5.44. The SMILES string of the molecule is CC1(C)c2c[c-]c(-c3ccc(-c4ncnc(-c5cccs5)n4)cn3)cc2C(C)(C)C1(C)C.[Ir]. The molecule has 0 unspecified atom stereocenters. The second kappa shape index (κ2) is 8.19. The van der Waals surface area contributed by atoms with E-state index in [9.17, 15) is 0 Å². The van der Waals surface area contributed by atoms with Crippen molar-refractivity contribution in [3.63, 3.8) is 0 Å². The molecule has 1 radical (unpaired) electrons. The first-order valence-corrected chi connectivity index (χ1v) is 11.8. The molecule has 1 aliphatic rings. The van der Waals surface area contributed by atoms with E-state index < -0.39 is 0 Å². The number of nitrogens with zero attached hydrogens (tertiary/aromatic N) is 4. The maximum atomic E-state index is 4.73. The van der Waals surface area contributed by atoms with Crippen LogP contribution < -0.4 is 0 Å². The zero-order chi connectivity index (χ0) is 22.7. The van der Waals surface area contributed by atoms with Gasteiger partial charge in [-0.3, -0.25) is 0 Å². The van der Waals surface area contributed by atoms with Crippen molar-refractivity contribution in [2.45, 2.75) is 52.4 Å². The Morgan fingerprint density at radius 2 is 1.58 bits per heavy atom. The maximum absolute atomic E-state index is 4.73. The van der Waals surface area contributed by atoms with Crippen LogP contribution in [-0.4, -0.2) is 19.9 Å². The van der Waals surface area contributed by atoms with Crippen LogP contribution in [0.5, 0.6) is 0 Å². The average Bonchev–Trinajstić information content (AvgIpc) is 3.36. The molecule has 0 atom stereocenters. The van der Waals surface area contributed by atoms with E-state index >= 15 is 0 Å². The Bertz CT molecular complexity index is 1290. The molecule has 0 amide bonds. The predicted octanol–water partition coefficient (Wildman–Crippen LogP) is 6.72. The van der Waals surface area contributed by atoms with Gasteiger partial charge in [0.2, 0.25) is 0 Å². The van der Waals surface area contributed by atoms with Gasteiger partial charge in [-0.2, -0.15) is 0 Å². The van der Waals surface area contributed by atoms with Gasteiger partial charge < -0.3 is 4.98 Å². The quantitative estimate of drug-likeness (QED) is 0.236. The molecule has 171 valence electrons. The van der Waals surface area contributed by atoms with Gasteiger partial charge in [0.15, 0.2) is 11.6 Å². The summed E-state index contributed by atoms with van der Waals surface area (Å²) >= 11 is 1.62. The van der Waals surface area contributed by atoms with E-state index in [-0.39, 0.29) is 36.4 Å². The molecule has 33 heavy (non-hydrogen) atoms. The summed E-state index contributed by atoms with van der Waals surface area (Å²) in [7, 11) is 0. The molecule has 0 N–H and O–H groups in total. The number of hydrogen-bond donors (Lipinski definition) is 0. The summed E-state index contributed by atoms with van der Waals surface area (Å²) in [5, 5.41) is 2.02. The molecular weight excluding hydrogens is 605 g/mol. The topological polar surface area (TPSA) is 51.6 Å². The Labute approximate surface area is 213 Å². The molecule has 6 heteroatoms. The van der Waals surface area contributed by atoms with Crippen LogP contribution in [0.4, 0.5) is 0 Å². The van der Waals surface area contributed by atoms with Crippen molar-refractivity contribution in [3.8, 4) is 33.3 Å². The van der Waals surface area contributed by atoms with Gasteiger partial charge in [0.1, 0.15) is 6.33 Å². The van der Waals surface area contributed by atoms with Crippen molar-refractivity contribution in [1.29, 1.82) is 0 Å². The molecule has 4 aromatic rings. The van der Waals surface area contributed by atoms with Crippen LogP contribution in [0.25, 0.3) is 33.3 Å². The smallest absolute Gasteiger partial charge is 0.173 e. The molecule has 0 spiro atoms. The van der Waals surface area contributed by atoms with E-state index in [4.69, 9.17) is 4.98 Å². The van der Waals surface area contributed by atoms with Crippen LogP contribution in [0.2, 0.25) is 0 Å². The normalized spacial score (nSPS) is 17.3. The standard InChI is InChI=1S/C27H27N4S.Ir/c1-25(2)19-11-9-17(14-20(19)26(3,4)27(25,5)6)21-12-10-18(15-28-21)23-29-16-30-24(31-23)22-8-7-13-32-22;/h7-8,10-16H,1-6H3;/q-1;. The molecule has 0 fully saturated rings. The van der Waals surface area contributed by atoms with Crippen LogP contribution in [0.3, 0.4) is 0 Å². The second-order valence-corrected chi connectivity index (χ2v) is 11.0. The van der Waals surface area contributed by atoms with Crippen molar-refractivity contribution < 1.29 is 20.1 Å². The molecule has 5 rings (SSSR count). The summed E-state index contributed by atoms with van der Waals surface area (Å²) in [6.07, 6.45) is 3.40. The summed E-state index contributed by atoms with van der Waals surface area (Å²) in [5.41, 5.74) is 5.84. The van der Waals surface area contributed by atoms with Crippen molar-refractivity contribution in [2.75, 3.05) is 0 Å². The van der Waals surface area contributed by atoms with Crippen molar-refractivity contribution in [3.05, 3.63) is 71.5 Å². The molecule has 1 aliphatic carbocycles. The fourth-order valence-electron chi connectivity index (χ4n) is 4.77. The van der Waals surface area contributed by atoms with Crippen LogP contribution in [0.15, 0.2) is 54.3 Å². The molecule has 0 saturated carbocycles. The summed E-state index contributed by atoms with van der Waals surface area (Å²) in [4.78, 5) is 19.0. The van der Waals surface area contributed by atoms with Gasteiger partial charge in [0.05, 0.1) is 4.88 Å². The second-order valence-electron chi connectivity index (χ2n) is 10.1. The van der Waals surface area contributed by atoms with Gasteiger partial charge in [-0.25, -0.2) is 15.0 Å². The number of benzene rings is 1. The molecule has 1 aromatic carbocycles. The molecular formula is C27H27IrN4S-. The van der Waals surface area contributed by atoms with Crippen LogP contribution in [0.1, 0.15) is 52.7 Å². The molecule has 3 aromatic heterocycles. The van der Waals surface area contributed by atoms with Crippen LogP contribution >= 0.6 is 11.3 Å². The minimum absolute atomic E-state index is 0. The minimum atomic E-state index is 0. The number of rotatable bonds is 3. The van der Waals surface area contributed by atoms with E-state index in [1.54, 1.807) is 17.7 Å². The third-order valence-electron chi connectivity index (χ3n) is 8.03. The molecule has 0 aliphatic heterocycles. The molecule has 0 bridgehead atoms. The zero-order valence-electron chi connectivity index (χ0n) is 19.7. The van der Waals surface area contributed by atoms with Crippen molar-refractivity contribution in [1.82, 2.24) is 19.9 Å². The first kappa shape index (κ1) is 23.9. The van der Waals surface area contributed by atoms with Crippen molar-refractivity contribution in [2.24, 2.45) is 5.41 Å². The average molecular weight is 632 g/mol. The number of thiophene rings is 1. The Morgan fingerprint density at radius 1 is 0.848 bits per heavy atom. The predicted molar refractivity (Wildman–Crippen MR) is 130 cm³/mol. The molecule has 4 nitrogen and oxygen atoms in total. The Hall–Kier alpha value is -2.27. The number of fused-ring (bicyclic) bond motifs is 1. The van der Waals surface area contributed by atoms with Gasteiger partial charge in [0.25, 0.3) is 0 Å². The first-order chi connectivity index (χ1) is 15.1. The third kappa shape index (κ3) is 3.60. The summed E-state index contributed by atoms with van der Waals surface area (Å²) in [6, 6.07) is 16.0. The summed E-state index contributed by atoms with van der Waals surface area (Å²) in [6.45, 7) is 14.2. The zero-order valence-corrected chi connectivity index (χ0v) is 22.9.